The van der Waals surface area contributed by atoms with Crippen molar-refractivity contribution in [2.75, 3.05) is 9.80 Å². The van der Waals surface area contributed by atoms with E-state index in [0.29, 0.717) is 45.8 Å². The molecular formula is C64H40N10O2. The first-order chi connectivity index (χ1) is 37.7. The zero-order valence-corrected chi connectivity index (χ0v) is 40.4. The van der Waals surface area contributed by atoms with Crippen molar-refractivity contribution in [3.63, 3.8) is 0 Å². The van der Waals surface area contributed by atoms with Crippen molar-refractivity contribution in [1.82, 2.24) is 39.9 Å². The van der Waals surface area contributed by atoms with E-state index in [0.717, 1.165) is 90.5 Å². The highest BCUT2D eigenvalue weighted by Crippen LogP contribution is 2.54. The van der Waals surface area contributed by atoms with Crippen LogP contribution in [-0.2, 0) is 0 Å². The normalized spacial score (nSPS) is 12.1. The van der Waals surface area contributed by atoms with E-state index in [1.165, 1.54) is 0 Å². The zero-order chi connectivity index (χ0) is 50.4. The van der Waals surface area contributed by atoms with Crippen LogP contribution in [0.4, 0.5) is 34.1 Å². The summed E-state index contributed by atoms with van der Waals surface area (Å²) in [7, 11) is 0. The van der Waals surface area contributed by atoms with E-state index >= 15 is 0 Å². The molecule has 0 amide bonds. The molecule has 0 unspecified atom stereocenters. The Labute approximate surface area is 437 Å². The molecule has 358 valence electrons. The Morgan fingerprint density at radius 2 is 0.671 bits per heavy atom. The van der Waals surface area contributed by atoms with Crippen LogP contribution >= 0.6 is 0 Å². The van der Waals surface area contributed by atoms with E-state index in [9.17, 15) is 0 Å². The molecule has 0 N–H and O–H groups in total. The minimum Gasteiger partial charge on any atom is -0.453 e. The first-order valence-electron chi connectivity index (χ1n) is 24.7. The number of hydrogen-bond donors (Lipinski definition) is 0. The average molecular weight is 981 g/mol. The quantitative estimate of drug-likeness (QED) is 0.137. The predicted octanol–water partition coefficient (Wildman–Crippen LogP) is 15.7. The van der Waals surface area contributed by atoms with Gasteiger partial charge >= 0.3 is 0 Å². The first kappa shape index (κ1) is 44.0. The molecular weight excluding hydrogens is 941 g/mol. The van der Waals surface area contributed by atoms with Gasteiger partial charge < -0.3 is 19.3 Å². The fraction of sp³-hybridized carbons (Fsp3) is 0. The first-order valence-corrected chi connectivity index (χ1v) is 24.7. The number of para-hydroxylation sites is 8. The molecule has 8 heterocycles. The van der Waals surface area contributed by atoms with Gasteiger partial charge in [0.2, 0.25) is 0 Å². The smallest absolute Gasteiger partial charge is 0.161 e. The van der Waals surface area contributed by atoms with E-state index in [4.69, 9.17) is 39.4 Å². The van der Waals surface area contributed by atoms with Gasteiger partial charge in [-0.05, 0) is 145 Å². The topological polar surface area (TPSA) is 128 Å². The van der Waals surface area contributed by atoms with E-state index in [1.54, 1.807) is 24.8 Å². The van der Waals surface area contributed by atoms with Crippen molar-refractivity contribution in [1.29, 1.82) is 0 Å². The van der Waals surface area contributed by atoms with Crippen molar-refractivity contribution in [2.45, 2.75) is 0 Å². The van der Waals surface area contributed by atoms with Crippen LogP contribution in [0.15, 0.2) is 243 Å². The number of aromatic nitrogens is 8. The molecule has 12 heteroatoms. The van der Waals surface area contributed by atoms with Gasteiger partial charge in [0.25, 0.3) is 0 Å². The summed E-state index contributed by atoms with van der Waals surface area (Å²) in [6, 6.07) is 68.6. The van der Waals surface area contributed by atoms with Crippen molar-refractivity contribution in [3.05, 3.63) is 243 Å². The number of pyridine rings is 4. The molecule has 6 aromatic carbocycles. The lowest BCUT2D eigenvalue weighted by Crippen LogP contribution is -2.16. The molecule has 0 fully saturated rings. The number of ether oxygens (including phenoxy) is 2. The average Bonchev–Trinajstić information content (AvgIpc) is 3.51. The zero-order valence-electron chi connectivity index (χ0n) is 40.4. The largest absolute Gasteiger partial charge is 0.453 e. The molecule has 14 rings (SSSR count). The molecule has 0 saturated carbocycles. The van der Waals surface area contributed by atoms with E-state index in [1.807, 2.05) is 158 Å². The predicted molar refractivity (Wildman–Crippen MR) is 296 cm³/mol. The number of anilines is 6. The number of hydrogen-bond acceptors (Lipinski definition) is 12. The van der Waals surface area contributed by atoms with Crippen LogP contribution in [0, 0.1) is 0 Å². The summed E-state index contributed by atoms with van der Waals surface area (Å²) in [6.07, 6.45) is 10.7. The Hall–Kier alpha value is -10.7. The maximum atomic E-state index is 6.51. The molecule has 0 aliphatic carbocycles. The minimum absolute atomic E-state index is 0.471. The fourth-order valence-electron chi connectivity index (χ4n) is 9.90. The van der Waals surface area contributed by atoms with Crippen LogP contribution in [0.5, 0.6) is 23.0 Å². The van der Waals surface area contributed by atoms with Gasteiger partial charge in [0.15, 0.2) is 34.6 Å². The van der Waals surface area contributed by atoms with Gasteiger partial charge in [-0.25, -0.2) is 19.9 Å². The SMILES string of the molecule is c1ccc(-c2cc(-c3cccnc3)nc(-c3cc(N4c5ccccc5Oc5ccccc54)ccc3-c3ccc(N4c5ccccc5Oc5ccccc54)cc3-c3nc(-c4cccnc4)cc(-c4ccccn4)n3)n2)nc1. The van der Waals surface area contributed by atoms with E-state index in [2.05, 4.69) is 80.4 Å². The summed E-state index contributed by atoms with van der Waals surface area (Å²) in [5.41, 5.74) is 14.1. The van der Waals surface area contributed by atoms with E-state index in [-0.39, 0.29) is 0 Å². The van der Waals surface area contributed by atoms with Gasteiger partial charge in [-0.2, -0.15) is 0 Å². The second-order valence-corrected chi connectivity index (χ2v) is 18.0. The van der Waals surface area contributed by atoms with Crippen molar-refractivity contribution in [2.24, 2.45) is 0 Å². The summed E-state index contributed by atoms with van der Waals surface area (Å²) >= 11 is 0. The van der Waals surface area contributed by atoms with Crippen LogP contribution in [0.2, 0.25) is 0 Å². The molecule has 0 saturated heterocycles. The summed E-state index contributed by atoms with van der Waals surface area (Å²) < 4.78 is 13.0. The summed E-state index contributed by atoms with van der Waals surface area (Å²) in [5, 5.41) is 0. The Morgan fingerprint density at radius 1 is 0.289 bits per heavy atom. The molecule has 76 heavy (non-hydrogen) atoms. The van der Waals surface area contributed by atoms with Gasteiger partial charge in [-0.1, -0.05) is 72.8 Å². The monoisotopic (exact) mass is 980 g/mol. The summed E-state index contributed by atoms with van der Waals surface area (Å²) in [6.45, 7) is 0. The highest BCUT2D eigenvalue weighted by Gasteiger charge is 2.30. The Balaban J connectivity index is 1.07. The highest BCUT2D eigenvalue weighted by atomic mass is 16.5. The standard InChI is InChI=1S/C64H40N10O2/c1-5-23-59-55(19-1)73(56-20-2-6-24-60(56)75-59)43-27-29-45(47(35-43)63-69-51(41-15-13-31-65-39-41)37-53(71-63)49-17-9-11-33-67-49)46-30-28-44(74-57-21-3-7-25-61(57)76-62-26-8-4-22-58(62)74)36-48(46)64-70-52(42-16-14-32-66-40-42)38-54(72-64)50-18-10-12-34-68-50/h1-40H. The number of fused-ring (bicyclic) bond motifs is 4. The van der Waals surface area contributed by atoms with Gasteiger partial charge in [-0.3, -0.25) is 19.9 Å². The second kappa shape index (κ2) is 18.7. The van der Waals surface area contributed by atoms with E-state index < -0.39 is 0 Å². The summed E-state index contributed by atoms with van der Waals surface area (Å²) in [5.74, 6) is 3.88. The molecule has 0 spiro atoms. The number of benzene rings is 6. The highest BCUT2D eigenvalue weighted by molar-refractivity contribution is 5.97. The van der Waals surface area contributed by atoms with Crippen LogP contribution < -0.4 is 19.3 Å². The minimum atomic E-state index is 0.471. The van der Waals surface area contributed by atoms with Gasteiger partial charge in [0, 0.05) is 70.8 Å². The van der Waals surface area contributed by atoms with Crippen LogP contribution in [0.1, 0.15) is 0 Å². The molecule has 2 aliphatic rings. The van der Waals surface area contributed by atoms with Crippen molar-refractivity contribution >= 4 is 34.1 Å². The van der Waals surface area contributed by atoms with Crippen LogP contribution in [0.25, 0.3) is 79.2 Å². The summed E-state index contributed by atoms with van der Waals surface area (Å²) in [4.78, 5) is 44.7. The Morgan fingerprint density at radius 3 is 1.04 bits per heavy atom. The van der Waals surface area contributed by atoms with Gasteiger partial charge in [0.1, 0.15) is 0 Å². The molecule has 2 aliphatic heterocycles. The molecule has 0 bridgehead atoms. The third-order valence-electron chi connectivity index (χ3n) is 13.4. The lowest BCUT2D eigenvalue weighted by molar-refractivity contribution is 0.477. The molecule has 12 nitrogen and oxygen atoms in total. The van der Waals surface area contributed by atoms with Crippen molar-refractivity contribution in [3.8, 4) is 102 Å². The van der Waals surface area contributed by atoms with Gasteiger partial charge in [-0.15, -0.1) is 0 Å². The Kier molecular flexibility index (Phi) is 10.8. The third-order valence-corrected chi connectivity index (χ3v) is 13.4. The lowest BCUT2D eigenvalue weighted by atomic mass is 9.92. The number of nitrogens with zero attached hydrogens (tertiary/aromatic N) is 10. The van der Waals surface area contributed by atoms with Crippen LogP contribution in [-0.4, -0.2) is 39.9 Å². The molecule has 12 aromatic rings. The van der Waals surface area contributed by atoms with Gasteiger partial charge in [0.05, 0.1) is 56.9 Å². The Bertz CT molecular complexity index is 3670. The third kappa shape index (κ3) is 7.99. The van der Waals surface area contributed by atoms with Crippen molar-refractivity contribution < 1.29 is 9.47 Å². The maximum absolute atomic E-state index is 6.51. The molecule has 0 radical (unpaired) electrons. The second-order valence-electron chi connectivity index (χ2n) is 18.0. The maximum Gasteiger partial charge on any atom is 0.161 e. The lowest BCUT2D eigenvalue weighted by Gasteiger charge is -2.33. The fourth-order valence-corrected chi connectivity index (χ4v) is 9.90. The van der Waals surface area contributed by atoms with Crippen LogP contribution in [0.3, 0.4) is 0 Å². The molecule has 0 atom stereocenters. The molecule has 6 aromatic heterocycles. The number of rotatable bonds is 9.